The van der Waals surface area contributed by atoms with E-state index in [0.29, 0.717) is 5.54 Å². The summed E-state index contributed by atoms with van der Waals surface area (Å²) >= 11 is 0. The zero-order valence-corrected chi connectivity index (χ0v) is 12.1. The van der Waals surface area contributed by atoms with Crippen molar-refractivity contribution in [2.75, 3.05) is 0 Å². The molecule has 0 spiro atoms. The number of carbonyl (C=O) groups is 1. The quantitative estimate of drug-likeness (QED) is 0.713. The van der Waals surface area contributed by atoms with Crippen LogP contribution < -0.4 is 0 Å². The molecule has 0 amide bonds. The summed E-state index contributed by atoms with van der Waals surface area (Å²) in [5.74, 6) is -0.817. The first-order valence-electron chi connectivity index (χ1n) is 5.62. The predicted molar refractivity (Wildman–Crippen MR) is 64.8 cm³/mol. The van der Waals surface area contributed by atoms with Crippen LogP contribution in [-0.4, -0.2) is 26.4 Å². The van der Waals surface area contributed by atoms with E-state index in [9.17, 15) is 9.90 Å². The molecule has 3 nitrogen and oxygen atoms in total. The maximum atomic E-state index is 11.4. The van der Waals surface area contributed by atoms with E-state index >= 15 is 0 Å². The number of hydrogen-bond acceptors (Lipinski definition) is 2. The van der Waals surface area contributed by atoms with Crippen LogP contribution in [0.2, 0.25) is 5.54 Å². The second kappa shape index (κ2) is 5.65. The average molecular weight is 232 g/mol. The number of hydrogen-bond donors (Lipinski definition) is 1. The Morgan fingerprint density at radius 2 is 1.53 bits per heavy atom. The summed E-state index contributed by atoms with van der Waals surface area (Å²) in [6, 6.07) is 0. The van der Waals surface area contributed by atoms with Gasteiger partial charge in [-0.15, -0.1) is 0 Å². The summed E-state index contributed by atoms with van der Waals surface area (Å²) in [5, 5.41) is 9.37. The molecule has 0 atom stereocenters. The largest absolute Gasteiger partial charge is 0.479 e. The standard InChI is InChI=1S/C11H24O3Si/c1-7(2)11(8(3)4,10(12)13)14-15-9(5)6/h7-9H,15H2,1-6H3,(H,12,13). The first-order chi connectivity index (χ1) is 6.75. The fourth-order valence-electron chi connectivity index (χ4n) is 1.86. The van der Waals surface area contributed by atoms with Gasteiger partial charge in [0.1, 0.15) is 0 Å². The first-order valence-corrected chi connectivity index (χ1v) is 7.01. The van der Waals surface area contributed by atoms with Gasteiger partial charge in [0, 0.05) is 0 Å². The molecule has 0 unspecified atom stereocenters. The molecule has 0 saturated carbocycles. The summed E-state index contributed by atoms with van der Waals surface area (Å²) in [7, 11) is -0.767. The van der Waals surface area contributed by atoms with E-state index in [-0.39, 0.29) is 11.8 Å². The van der Waals surface area contributed by atoms with Gasteiger partial charge >= 0.3 is 5.97 Å². The smallest absolute Gasteiger partial charge is 0.335 e. The minimum absolute atomic E-state index is 0.00116. The van der Waals surface area contributed by atoms with Gasteiger partial charge in [0.15, 0.2) is 15.4 Å². The Labute approximate surface area is 95.2 Å². The van der Waals surface area contributed by atoms with Crippen molar-refractivity contribution in [3.63, 3.8) is 0 Å². The first kappa shape index (κ1) is 14.6. The fraction of sp³-hybridized carbons (Fsp3) is 0.909. The lowest BCUT2D eigenvalue weighted by atomic mass is 9.80. The maximum absolute atomic E-state index is 11.4. The number of carboxylic acid groups (broad SMARTS) is 1. The normalized spacial score (nSPS) is 13.7. The van der Waals surface area contributed by atoms with Crippen molar-refractivity contribution in [3.05, 3.63) is 0 Å². The monoisotopic (exact) mass is 232 g/mol. The van der Waals surface area contributed by atoms with Crippen molar-refractivity contribution in [1.82, 2.24) is 0 Å². The van der Waals surface area contributed by atoms with Gasteiger partial charge in [-0.3, -0.25) is 0 Å². The van der Waals surface area contributed by atoms with Gasteiger partial charge < -0.3 is 9.53 Å². The van der Waals surface area contributed by atoms with E-state index in [1.807, 2.05) is 27.7 Å². The summed E-state index contributed by atoms with van der Waals surface area (Å²) in [5.41, 5.74) is -0.502. The zero-order valence-electron chi connectivity index (χ0n) is 10.7. The Morgan fingerprint density at radius 3 is 1.73 bits per heavy atom. The van der Waals surface area contributed by atoms with Crippen LogP contribution >= 0.6 is 0 Å². The van der Waals surface area contributed by atoms with Crippen LogP contribution in [0.25, 0.3) is 0 Å². The number of carboxylic acids is 1. The topological polar surface area (TPSA) is 46.5 Å². The molecule has 0 aromatic rings. The van der Waals surface area contributed by atoms with Gasteiger partial charge in [0.05, 0.1) is 0 Å². The third-order valence-corrected chi connectivity index (χ3v) is 4.02. The minimum atomic E-state index is -0.990. The highest BCUT2D eigenvalue weighted by Crippen LogP contribution is 2.31. The van der Waals surface area contributed by atoms with E-state index in [1.165, 1.54) is 0 Å². The van der Waals surface area contributed by atoms with E-state index in [4.69, 9.17) is 4.43 Å². The highest BCUT2D eigenvalue weighted by atomic mass is 28.2. The van der Waals surface area contributed by atoms with Crippen LogP contribution in [0.5, 0.6) is 0 Å². The van der Waals surface area contributed by atoms with Crippen LogP contribution in [0.1, 0.15) is 41.5 Å². The molecule has 90 valence electrons. The van der Waals surface area contributed by atoms with Crippen molar-refractivity contribution in [2.45, 2.75) is 52.7 Å². The summed E-state index contributed by atoms with van der Waals surface area (Å²) in [6.45, 7) is 11.8. The molecule has 0 bridgehead atoms. The molecule has 1 N–H and O–H groups in total. The van der Waals surface area contributed by atoms with Crippen LogP contribution in [0, 0.1) is 11.8 Å². The molecule has 0 aliphatic heterocycles. The molecule has 0 aromatic carbocycles. The Balaban J connectivity index is 4.89. The summed E-state index contributed by atoms with van der Waals surface area (Å²) in [6.07, 6.45) is 0. The van der Waals surface area contributed by atoms with Crippen molar-refractivity contribution in [3.8, 4) is 0 Å². The molecule has 0 heterocycles. The zero-order chi connectivity index (χ0) is 12.2. The lowest BCUT2D eigenvalue weighted by Crippen LogP contribution is -2.52. The van der Waals surface area contributed by atoms with E-state index in [2.05, 4.69) is 13.8 Å². The van der Waals surface area contributed by atoms with Crippen molar-refractivity contribution < 1.29 is 14.3 Å². The van der Waals surface area contributed by atoms with Crippen LogP contribution in [-0.2, 0) is 9.22 Å². The van der Waals surface area contributed by atoms with Gasteiger partial charge in [-0.25, -0.2) is 4.79 Å². The van der Waals surface area contributed by atoms with E-state index in [1.54, 1.807) is 0 Å². The molecule has 0 fully saturated rings. The Morgan fingerprint density at radius 1 is 1.13 bits per heavy atom. The third-order valence-electron chi connectivity index (χ3n) is 2.71. The van der Waals surface area contributed by atoms with Gasteiger partial charge in [0.25, 0.3) is 0 Å². The number of aliphatic carboxylic acids is 1. The van der Waals surface area contributed by atoms with Crippen molar-refractivity contribution in [2.24, 2.45) is 11.8 Å². The fourth-order valence-corrected chi connectivity index (χ4v) is 3.26. The predicted octanol–water partition coefficient (Wildman–Crippen LogP) is 2.05. The third kappa shape index (κ3) is 3.31. The lowest BCUT2D eigenvalue weighted by molar-refractivity contribution is -0.165. The average Bonchev–Trinajstić information content (AvgIpc) is 2.02. The van der Waals surface area contributed by atoms with Crippen LogP contribution in [0.4, 0.5) is 0 Å². The molecule has 0 aromatic heterocycles. The van der Waals surface area contributed by atoms with Crippen LogP contribution in [0.3, 0.4) is 0 Å². The molecule has 0 saturated heterocycles. The SMILES string of the molecule is CC(C)[SiH2]OC(C(=O)O)(C(C)C)C(C)C. The molecule has 0 radical (unpaired) electrons. The molecule has 0 rings (SSSR count). The molecule has 0 aliphatic carbocycles. The van der Waals surface area contributed by atoms with Gasteiger partial charge in [-0.1, -0.05) is 41.5 Å². The molecular formula is C11H24O3Si. The van der Waals surface area contributed by atoms with Crippen LogP contribution in [0.15, 0.2) is 0 Å². The molecular weight excluding hydrogens is 208 g/mol. The molecule has 4 heteroatoms. The Hall–Kier alpha value is -0.353. The minimum Gasteiger partial charge on any atom is -0.479 e. The van der Waals surface area contributed by atoms with Crippen molar-refractivity contribution >= 4 is 15.7 Å². The van der Waals surface area contributed by atoms with Gasteiger partial charge in [-0.05, 0) is 17.4 Å². The highest BCUT2D eigenvalue weighted by molar-refractivity contribution is 6.29. The van der Waals surface area contributed by atoms with Crippen molar-refractivity contribution in [1.29, 1.82) is 0 Å². The second-order valence-electron chi connectivity index (χ2n) is 5.11. The Kier molecular flexibility index (Phi) is 5.52. The molecule has 0 aliphatic rings. The summed E-state index contributed by atoms with van der Waals surface area (Å²) in [4.78, 5) is 11.4. The second-order valence-corrected chi connectivity index (χ2v) is 7.37. The highest BCUT2D eigenvalue weighted by Gasteiger charge is 2.45. The Bertz CT molecular complexity index is 204. The molecule has 15 heavy (non-hydrogen) atoms. The van der Waals surface area contributed by atoms with E-state index < -0.39 is 21.3 Å². The van der Waals surface area contributed by atoms with Gasteiger partial charge in [-0.2, -0.15) is 0 Å². The number of rotatable bonds is 6. The van der Waals surface area contributed by atoms with E-state index in [0.717, 1.165) is 0 Å². The summed E-state index contributed by atoms with van der Waals surface area (Å²) < 4.78 is 5.81. The van der Waals surface area contributed by atoms with Gasteiger partial charge in [0.2, 0.25) is 0 Å². The lowest BCUT2D eigenvalue weighted by Gasteiger charge is -2.38. The maximum Gasteiger partial charge on any atom is 0.335 e.